The van der Waals surface area contributed by atoms with Crippen molar-refractivity contribution in [3.05, 3.63) is 53.6 Å². The zero-order chi connectivity index (χ0) is 28.2. The normalized spacial score (nSPS) is 20.7. The molecule has 2 heterocycles. The minimum absolute atomic E-state index is 0.0207. The van der Waals surface area contributed by atoms with Crippen LogP contribution >= 0.6 is 0 Å². The van der Waals surface area contributed by atoms with Crippen molar-refractivity contribution in [1.29, 1.82) is 0 Å². The van der Waals surface area contributed by atoms with E-state index in [9.17, 15) is 33.0 Å². The first kappa shape index (κ1) is 28.5. The van der Waals surface area contributed by atoms with Gasteiger partial charge in [-0.25, -0.2) is 13.2 Å². The van der Waals surface area contributed by atoms with E-state index in [1.54, 1.807) is 31.2 Å². The number of piperidine rings is 1. The minimum atomic E-state index is -4.08. The molecule has 2 aromatic rings. The molecule has 210 valence electrons. The SMILES string of the molecule is Cc1ccc(S(=O)(=O)N2CCC[C@H]2C(=O)N[C@@H](Cc2ccc(NC(=O)C3CCCNC3)cc2)C(=O)O)cc1O. The summed E-state index contributed by atoms with van der Waals surface area (Å²) in [7, 11) is -4.08. The number of carboxylic acids is 1. The van der Waals surface area contributed by atoms with Crippen molar-refractivity contribution in [1.82, 2.24) is 14.9 Å². The van der Waals surface area contributed by atoms with Gasteiger partial charge in [-0.3, -0.25) is 9.59 Å². The molecule has 0 saturated carbocycles. The summed E-state index contributed by atoms with van der Waals surface area (Å²) < 4.78 is 27.5. The molecule has 12 heteroatoms. The number of benzene rings is 2. The molecule has 0 aliphatic carbocycles. The molecule has 1 unspecified atom stereocenters. The minimum Gasteiger partial charge on any atom is -0.508 e. The fourth-order valence-corrected chi connectivity index (χ4v) is 6.60. The molecule has 2 fully saturated rings. The number of aryl methyl sites for hydroxylation is 1. The Morgan fingerprint density at radius 2 is 1.82 bits per heavy atom. The van der Waals surface area contributed by atoms with Crippen LogP contribution in [0.25, 0.3) is 0 Å². The molecule has 0 radical (unpaired) electrons. The van der Waals surface area contributed by atoms with Crippen LogP contribution in [0, 0.1) is 12.8 Å². The molecular weight excluding hydrogens is 524 g/mol. The summed E-state index contributed by atoms with van der Waals surface area (Å²) in [4.78, 5) is 37.4. The monoisotopic (exact) mass is 558 g/mol. The molecule has 2 aromatic carbocycles. The summed E-state index contributed by atoms with van der Waals surface area (Å²) in [5.74, 6) is -2.27. The van der Waals surface area contributed by atoms with Gasteiger partial charge in [0.2, 0.25) is 21.8 Å². The fourth-order valence-electron chi connectivity index (χ4n) is 4.92. The van der Waals surface area contributed by atoms with Crippen molar-refractivity contribution in [2.24, 2.45) is 5.92 Å². The number of nitrogens with zero attached hydrogens (tertiary/aromatic N) is 1. The number of carbonyl (C=O) groups excluding carboxylic acids is 2. The number of hydrogen-bond donors (Lipinski definition) is 5. The number of aromatic hydroxyl groups is 1. The van der Waals surface area contributed by atoms with Crippen molar-refractivity contribution in [2.75, 3.05) is 25.0 Å². The Morgan fingerprint density at radius 3 is 2.46 bits per heavy atom. The van der Waals surface area contributed by atoms with Gasteiger partial charge in [0, 0.05) is 31.3 Å². The molecule has 39 heavy (non-hydrogen) atoms. The lowest BCUT2D eigenvalue weighted by atomic mass is 9.98. The molecule has 0 spiro atoms. The van der Waals surface area contributed by atoms with E-state index in [1.807, 2.05) is 0 Å². The van der Waals surface area contributed by atoms with Crippen molar-refractivity contribution < 1.29 is 33.0 Å². The van der Waals surface area contributed by atoms with Crippen LogP contribution < -0.4 is 16.0 Å². The van der Waals surface area contributed by atoms with Gasteiger partial charge >= 0.3 is 5.97 Å². The van der Waals surface area contributed by atoms with Gasteiger partial charge in [-0.15, -0.1) is 0 Å². The number of aliphatic carboxylic acids is 1. The predicted octanol–water partition coefficient (Wildman–Crippen LogP) is 1.60. The molecule has 11 nitrogen and oxygen atoms in total. The average molecular weight is 559 g/mol. The maximum atomic E-state index is 13.2. The topological polar surface area (TPSA) is 165 Å². The van der Waals surface area contributed by atoms with Crippen LogP contribution in [-0.4, -0.2) is 72.4 Å². The predicted molar refractivity (Wildman–Crippen MR) is 144 cm³/mol. The summed E-state index contributed by atoms with van der Waals surface area (Å²) in [5, 5.41) is 28.3. The molecular formula is C27H34N4O7S. The lowest BCUT2D eigenvalue weighted by Gasteiger charge is -2.25. The smallest absolute Gasteiger partial charge is 0.326 e. The Labute approximate surface area is 227 Å². The third-order valence-corrected chi connectivity index (χ3v) is 9.14. The first-order chi connectivity index (χ1) is 18.6. The highest BCUT2D eigenvalue weighted by molar-refractivity contribution is 7.89. The summed E-state index contributed by atoms with van der Waals surface area (Å²) in [6.45, 7) is 3.29. The lowest BCUT2D eigenvalue weighted by molar-refractivity contribution is -0.142. The number of sulfonamides is 1. The van der Waals surface area contributed by atoms with Gasteiger partial charge in [0.05, 0.1) is 10.8 Å². The van der Waals surface area contributed by atoms with Crippen LogP contribution in [0.1, 0.15) is 36.8 Å². The van der Waals surface area contributed by atoms with Crippen LogP contribution in [-0.2, 0) is 30.8 Å². The number of carbonyl (C=O) groups is 3. The van der Waals surface area contributed by atoms with E-state index in [0.29, 0.717) is 29.8 Å². The van der Waals surface area contributed by atoms with Crippen LogP contribution in [0.15, 0.2) is 47.4 Å². The fraction of sp³-hybridized carbons (Fsp3) is 0.444. The highest BCUT2D eigenvalue weighted by atomic mass is 32.2. The summed E-state index contributed by atoms with van der Waals surface area (Å²) in [5.41, 5.74) is 1.75. The second-order valence-electron chi connectivity index (χ2n) is 10.1. The standard InChI is InChI=1S/C27H34N4O7S/c1-17-6-11-21(15-24(17)32)39(37,38)31-13-3-5-23(31)26(34)30-22(27(35)36)14-18-7-9-20(10-8-18)29-25(33)19-4-2-12-28-16-19/h6-11,15,19,22-23,28,32H,2-5,12-14,16H2,1H3,(H,29,33)(H,30,34)(H,35,36)/t19?,22-,23-/m0/s1. The zero-order valence-electron chi connectivity index (χ0n) is 21.7. The molecule has 4 rings (SSSR count). The van der Waals surface area contributed by atoms with Crippen molar-refractivity contribution in [2.45, 2.75) is 56.0 Å². The van der Waals surface area contributed by atoms with Crippen LogP contribution in [0.3, 0.4) is 0 Å². The zero-order valence-corrected chi connectivity index (χ0v) is 22.5. The molecule has 3 atom stereocenters. The van der Waals surface area contributed by atoms with Crippen molar-refractivity contribution in [3.63, 3.8) is 0 Å². The maximum Gasteiger partial charge on any atom is 0.326 e. The maximum absolute atomic E-state index is 13.2. The number of nitrogens with one attached hydrogen (secondary N) is 3. The number of carboxylic acid groups (broad SMARTS) is 1. The van der Waals surface area contributed by atoms with Gasteiger partial charge in [0.25, 0.3) is 0 Å². The Bertz CT molecular complexity index is 1320. The number of hydrogen-bond acceptors (Lipinski definition) is 7. The van der Waals surface area contributed by atoms with E-state index in [-0.39, 0.29) is 41.9 Å². The van der Waals surface area contributed by atoms with Crippen LogP contribution in [0.4, 0.5) is 5.69 Å². The molecule has 0 bridgehead atoms. The molecule has 2 aliphatic rings. The van der Waals surface area contributed by atoms with Gasteiger partial charge in [0.1, 0.15) is 17.8 Å². The highest BCUT2D eigenvalue weighted by Gasteiger charge is 2.40. The molecule has 0 aromatic heterocycles. The van der Waals surface area contributed by atoms with E-state index in [4.69, 9.17) is 0 Å². The third-order valence-electron chi connectivity index (χ3n) is 7.24. The van der Waals surface area contributed by atoms with E-state index in [1.165, 1.54) is 12.1 Å². The average Bonchev–Trinajstić information content (AvgIpc) is 3.42. The molecule has 2 aliphatic heterocycles. The summed E-state index contributed by atoms with van der Waals surface area (Å²) in [6, 6.07) is 8.41. The van der Waals surface area contributed by atoms with Gasteiger partial charge in [-0.05, 0) is 68.5 Å². The number of phenols is 1. The quantitative estimate of drug-likeness (QED) is 0.310. The Kier molecular flexibility index (Phi) is 8.88. The van der Waals surface area contributed by atoms with E-state index in [2.05, 4.69) is 16.0 Å². The van der Waals surface area contributed by atoms with Crippen molar-refractivity contribution >= 4 is 33.5 Å². The second kappa shape index (κ2) is 12.1. The third kappa shape index (κ3) is 6.75. The number of phenolic OH excluding ortho intramolecular Hbond substituents is 1. The first-order valence-electron chi connectivity index (χ1n) is 13.0. The summed E-state index contributed by atoms with van der Waals surface area (Å²) >= 11 is 0. The van der Waals surface area contributed by atoms with Gasteiger partial charge in [-0.2, -0.15) is 4.31 Å². The number of anilines is 1. The lowest BCUT2D eigenvalue weighted by Crippen LogP contribution is -2.51. The van der Waals surface area contributed by atoms with Gasteiger partial charge in [0.15, 0.2) is 0 Å². The van der Waals surface area contributed by atoms with Gasteiger partial charge < -0.3 is 26.2 Å². The Balaban J connectivity index is 1.40. The van der Waals surface area contributed by atoms with E-state index in [0.717, 1.165) is 29.8 Å². The summed E-state index contributed by atoms with van der Waals surface area (Å²) in [6.07, 6.45) is 2.44. The van der Waals surface area contributed by atoms with Crippen LogP contribution in [0.2, 0.25) is 0 Å². The molecule has 2 amide bonds. The molecule has 2 saturated heterocycles. The molecule has 5 N–H and O–H groups in total. The van der Waals surface area contributed by atoms with Crippen LogP contribution in [0.5, 0.6) is 5.75 Å². The number of amides is 2. The van der Waals surface area contributed by atoms with Crippen molar-refractivity contribution in [3.8, 4) is 5.75 Å². The van der Waals surface area contributed by atoms with E-state index >= 15 is 0 Å². The largest absolute Gasteiger partial charge is 0.508 e. The first-order valence-corrected chi connectivity index (χ1v) is 14.5. The Morgan fingerprint density at radius 1 is 1.08 bits per heavy atom. The second-order valence-corrected chi connectivity index (χ2v) is 11.9. The van der Waals surface area contributed by atoms with Gasteiger partial charge in [-0.1, -0.05) is 18.2 Å². The highest BCUT2D eigenvalue weighted by Crippen LogP contribution is 2.29. The van der Waals surface area contributed by atoms with E-state index < -0.39 is 34.0 Å². The number of rotatable bonds is 9. The Hall–Kier alpha value is -3.48.